The van der Waals surface area contributed by atoms with E-state index in [1.165, 1.54) is 4.90 Å². The number of carbonyl (C=O) groups excluding carboxylic acids is 2. The molecule has 0 radical (unpaired) electrons. The van der Waals surface area contributed by atoms with Crippen LogP contribution in [0.15, 0.2) is 0 Å². The Balaban J connectivity index is 1.96. The Kier molecular flexibility index (Phi) is 3.84. The van der Waals surface area contributed by atoms with Gasteiger partial charge in [-0.2, -0.15) is 0 Å². The second kappa shape index (κ2) is 5.37. The lowest BCUT2D eigenvalue weighted by atomic mass is 10.1. The van der Waals surface area contributed by atoms with E-state index in [0.29, 0.717) is 6.42 Å². The van der Waals surface area contributed by atoms with Crippen molar-refractivity contribution in [2.24, 2.45) is 0 Å². The van der Waals surface area contributed by atoms with Gasteiger partial charge in [0.25, 0.3) is 0 Å². The van der Waals surface area contributed by atoms with Crippen LogP contribution >= 0.6 is 0 Å². The fourth-order valence-electron chi connectivity index (χ4n) is 2.58. The lowest BCUT2D eigenvalue weighted by Crippen LogP contribution is -2.47. The van der Waals surface area contributed by atoms with Gasteiger partial charge in [-0.25, -0.2) is 4.79 Å². The molecule has 6 heteroatoms. The number of rotatable bonds is 3. The Morgan fingerprint density at radius 3 is 2.50 bits per heavy atom. The Bertz CT molecular complexity index is 363. The summed E-state index contributed by atoms with van der Waals surface area (Å²) >= 11 is 0. The van der Waals surface area contributed by atoms with Crippen LogP contribution in [0.4, 0.5) is 0 Å². The zero-order valence-electron chi connectivity index (χ0n) is 10.3. The normalized spacial score (nSPS) is 24.4. The van der Waals surface area contributed by atoms with Gasteiger partial charge in [-0.15, -0.1) is 0 Å². The molecule has 0 aliphatic carbocycles. The molecule has 0 aromatic carbocycles. The topological polar surface area (TPSA) is 77.9 Å². The molecule has 1 atom stereocenters. The van der Waals surface area contributed by atoms with Crippen LogP contribution in [0.1, 0.15) is 32.1 Å². The average molecular weight is 254 g/mol. The van der Waals surface area contributed by atoms with Crippen LogP contribution in [0.5, 0.6) is 0 Å². The third-order valence-electron chi connectivity index (χ3n) is 3.63. The molecule has 0 aromatic rings. The largest absolute Gasteiger partial charge is 0.480 e. The van der Waals surface area contributed by atoms with Crippen molar-refractivity contribution in [3.05, 3.63) is 0 Å². The van der Waals surface area contributed by atoms with Gasteiger partial charge >= 0.3 is 5.97 Å². The van der Waals surface area contributed by atoms with Crippen molar-refractivity contribution < 1.29 is 19.5 Å². The minimum Gasteiger partial charge on any atom is -0.480 e. The van der Waals surface area contributed by atoms with Gasteiger partial charge in [0, 0.05) is 19.5 Å². The molecule has 1 N–H and O–H groups in total. The van der Waals surface area contributed by atoms with E-state index >= 15 is 0 Å². The van der Waals surface area contributed by atoms with Gasteiger partial charge in [-0.3, -0.25) is 9.59 Å². The van der Waals surface area contributed by atoms with Crippen molar-refractivity contribution >= 4 is 17.8 Å². The molecular formula is C12H18N2O4. The second-order valence-electron chi connectivity index (χ2n) is 4.86. The van der Waals surface area contributed by atoms with Crippen LogP contribution in [0, 0.1) is 0 Å². The number of hydrogen-bond acceptors (Lipinski definition) is 3. The SMILES string of the molecule is O=C(O)C1CCC(=O)N1CC(=O)N1CCCCC1. The summed E-state index contributed by atoms with van der Waals surface area (Å²) in [5.74, 6) is -1.38. The number of carbonyl (C=O) groups is 3. The Hall–Kier alpha value is -1.59. The maximum atomic E-state index is 12.0. The van der Waals surface area contributed by atoms with E-state index in [1.54, 1.807) is 4.90 Å². The Morgan fingerprint density at radius 2 is 1.89 bits per heavy atom. The second-order valence-corrected chi connectivity index (χ2v) is 4.86. The molecule has 0 saturated carbocycles. The molecule has 2 saturated heterocycles. The number of hydrogen-bond donors (Lipinski definition) is 1. The first-order valence-electron chi connectivity index (χ1n) is 6.39. The summed E-state index contributed by atoms with van der Waals surface area (Å²) < 4.78 is 0. The van der Waals surface area contributed by atoms with Gasteiger partial charge in [0.2, 0.25) is 11.8 Å². The van der Waals surface area contributed by atoms with Crippen molar-refractivity contribution in [2.45, 2.75) is 38.1 Å². The number of piperidine rings is 1. The summed E-state index contributed by atoms with van der Waals surface area (Å²) in [5.41, 5.74) is 0. The van der Waals surface area contributed by atoms with E-state index in [4.69, 9.17) is 5.11 Å². The average Bonchev–Trinajstić information content (AvgIpc) is 2.72. The Labute approximate surface area is 106 Å². The van der Waals surface area contributed by atoms with Crippen molar-refractivity contribution in [2.75, 3.05) is 19.6 Å². The van der Waals surface area contributed by atoms with Gasteiger partial charge in [-0.1, -0.05) is 0 Å². The fraction of sp³-hybridized carbons (Fsp3) is 0.750. The number of nitrogens with zero attached hydrogens (tertiary/aromatic N) is 2. The first kappa shape index (κ1) is 12.9. The van der Waals surface area contributed by atoms with Crippen LogP contribution in [0.25, 0.3) is 0 Å². The molecule has 2 heterocycles. The van der Waals surface area contributed by atoms with Crippen molar-refractivity contribution in [1.29, 1.82) is 0 Å². The third kappa shape index (κ3) is 2.63. The van der Waals surface area contributed by atoms with Gasteiger partial charge in [0.1, 0.15) is 12.6 Å². The lowest BCUT2D eigenvalue weighted by Gasteiger charge is -2.29. The van der Waals surface area contributed by atoms with Crippen LogP contribution < -0.4 is 0 Å². The minimum atomic E-state index is -1.02. The molecule has 0 bridgehead atoms. The highest BCUT2D eigenvalue weighted by Gasteiger charge is 2.37. The standard InChI is InChI=1S/C12H18N2O4/c15-10-5-4-9(12(17)18)14(10)8-11(16)13-6-2-1-3-7-13/h9H,1-8H2,(H,17,18). The van der Waals surface area contributed by atoms with Gasteiger partial charge in [0.15, 0.2) is 0 Å². The fourth-order valence-corrected chi connectivity index (χ4v) is 2.58. The quantitative estimate of drug-likeness (QED) is 0.773. The molecule has 0 spiro atoms. The number of aliphatic carboxylic acids is 1. The van der Waals surface area contributed by atoms with E-state index in [2.05, 4.69) is 0 Å². The highest BCUT2D eigenvalue weighted by molar-refractivity contribution is 5.91. The molecule has 6 nitrogen and oxygen atoms in total. The number of amides is 2. The van der Waals surface area contributed by atoms with E-state index in [1.807, 2.05) is 0 Å². The molecular weight excluding hydrogens is 236 g/mol. The van der Waals surface area contributed by atoms with Crippen molar-refractivity contribution in [3.63, 3.8) is 0 Å². The van der Waals surface area contributed by atoms with Crippen LogP contribution in [-0.4, -0.2) is 58.4 Å². The first-order valence-corrected chi connectivity index (χ1v) is 6.39. The van der Waals surface area contributed by atoms with Gasteiger partial charge in [0.05, 0.1) is 0 Å². The smallest absolute Gasteiger partial charge is 0.326 e. The van der Waals surface area contributed by atoms with E-state index in [9.17, 15) is 14.4 Å². The summed E-state index contributed by atoms with van der Waals surface area (Å²) in [5, 5.41) is 9.01. The first-order chi connectivity index (χ1) is 8.59. The summed E-state index contributed by atoms with van der Waals surface area (Å²) in [7, 11) is 0. The molecule has 18 heavy (non-hydrogen) atoms. The molecule has 0 aromatic heterocycles. The highest BCUT2D eigenvalue weighted by Crippen LogP contribution is 2.19. The van der Waals surface area contributed by atoms with Crippen LogP contribution in [-0.2, 0) is 14.4 Å². The summed E-state index contributed by atoms with van der Waals surface area (Å²) in [6.45, 7) is 1.35. The molecule has 2 amide bonds. The molecule has 2 rings (SSSR count). The molecule has 2 aliphatic rings. The summed E-state index contributed by atoms with van der Waals surface area (Å²) in [6, 6.07) is -0.828. The monoisotopic (exact) mass is 254 g/mol. The van der Waals surface area contributed by atoms with E-state index < -0.39 is 12.0 Å². The number of carboxylic acids is 1. The zero-order valence-corrected chi connectivity index (χ0v) is 10.3. The highest BCUT2D eigenvalue weighted by atomic mass is 16.4. The van der Waals surface area contributed by atoms with Gasteiger partial charge in [-0.05, 0) is 25.7 Å². The van der Waals surface area contributed by atoms with Crippen molar-refractivity contribution in [1.82, 2.24) is 9.80 Å². The number of likely N-dealkylation sites (tertiary alicyclic amines) is 2. The molecule has 1 unspecified atom stereocenters. The molecule has 2 fully saturated rings. The van der Waals surface area contributed by atoms with Gasteiger partial charge < -0.3 is 14.9 Å². The van der Waals surface area contributed by atoms with Crippen LogP contribution in [0.2, 0.25) is 0 Å². The minimum absolute atomic E-state index is 0.0875. The predicted molar refractivity (Wildman–Crippen MR) is 62.8 cm³/mol. The Morgan fingerprint density at radius 1 is 1.22 bits per heavy atom. The van der Waals surface area contributed by atoms with E-state index in [0.717, 1.165) is 32.4 Å². The lowest BCUT2D eigenvalue weighted by molar-refractivity contribution is -0.149. The predicted octanol–water partition coefficient (Wildman–Crippen LogP) is 0.0745. The third-order valence-corrected chi connectivity index (χ3v) is 3.63. The zero-order chi connectivity index (χ0) is 13.1. The maximum absolute atomic E-state index is 12.0. The molecule has 100 valence electrons. The summed E-state index contributed by atoms with van der Waals surface area (Å²) in [4.78, 5) is 37.5. The van der Waals surface area contributed by atoms with Crippen LogP contribution in [0.3, 0.4) is 0 Å². The van der Waals surface area contributed by atoms with Crippen molar-refractivity contribution in [3.8, 4) is 0 Å². The maximum Gasteiger partial charge on any atom is 0.326 e. The molecule has 2 aliphatic heterocycles. The van der Waals surface area contributed by atoms with E-state index in [-0.39, 0.29) is 24.8 Å². The number of carboxylic acid groups (broad SMARTS) is 1. The summed E-state index contributed by atoms with van der Waals surface area (Å²) in [6.07, 6.45) is 3.64.